The Labute approximate surface area is 158 Å². The molecule has 0 spiro atoms. The zero-order chi connectivity index (χ0) is 19.3. The van der Waals surface area contributed by atoms with Gasteiger partial charge in [0.15, 0.2) is 0 Å². The standard InChI is InChI=1S/C21H17NO4S/c1-16-7-13-20(14-8-16)27(24,25)22-15-17-9-11-19(12-10-17)26-21(23)18-5-3-2-4-6-18/h2-15H,1H3/b22-15-. The molecule has 0 heterocycles. The lowest BCUT2D eigenvalue weighted by atomic mass is 10.2. The lowest BCUT2D eigenvalue weighted by molar-refractivity contribution is 0.0734. The fraction of sp³-hybridized carbons (Fsp3) is 0.0476. The van der Waals surface area contributed by atoms with Gasteiger partial charge in [-0.1, -0.05) is 35.9 Å². The molecule has 0 aliphatic carbocycles. The summed E-state index contributed by atoms with van der Waals surface area (Å²) in [7, 11) is -3.76. The third-order valence-electron chi connectivity index (χ3n) is 3.76. The van der Waals surface area contributed by atoms with Crippen LogP contribution in [-0.2, 0) is 10.0 Å². The normalized spacial score (nSPS) is 11.4. The molecule has 0 aromatic heterocycles. The maximum atomic E-state index is 12.2. The van der Waals surface area contributed by atoms with Gasteiger partial charge < -0.3 is 4.74 Å². The second-order valence-corrected chi connectivity index (χ2v) is 7.48. The number of sulfonamides is 1. The number of benzene rings is 3. The smallest absolute Gasteiger partial charge is 0.343 e. The summed E-state index contributed by atoms with van der Waals surface area (Å²) in [5.41, 5.74) is 2.00. The molecule has 0 saturated carbocycles. The zero-order valence-electron chi connectivity index (χ0n) is 14.6. The summed E-state index contributed by atoms with van der Waals surface area (Å²) in [6, 6.07) is 21.6. The summed E-state index contributed by atoms with van der Waals surface area (Å²) in [6.07, 6.45) is 1.26. The Morgan fingerprint density at radius 1 is 0.889 bits per heavy atom. The van der Waals surface area contributed by atoms with Crippen LogP contribution in [0.3, 0.4) is 0 Å². The highest BCUT2D eigenvalue weighted by Gasteiger charge is 2.11. The first-order valence-electron chi connectivity index (χ1n) is 8.18. The molecule has 0 N–H and O–H groups in total. The summed E-state index contributed by atoms with van der Waals surface area (Å²) in [4.78, 5) is 12.1. The van der Waals surface area contributed by atoms with Crippen molar-refractivity contribution in [3.63, 3.8) is 0 Å². The number of aryl methyl sites for hydroxylation is 1. The lowest BCUT2D eigenvalue weighted by Gasteiger charge is -2.04. The fourth-order valence-corrected chi connectivity index (χ4v) is 3.13. The van der Waals surface area contributed by atoms with Gasteiger partial charge in [-0.05, 0) is 61.0 Å². The van der Waals surface area contributed by atoms with Gasteiger partial charge in [-0.2, -0.15) is 12.8 Å². The molecule has 3 rings (SSSR count). The molecule has 0 fully saturated rings. The van der Waals surface area contributed by atoms with E-state index < -0.39 is 16.0 Å². The number of carbonyl (C=O) groups excluding carboxylic acids is 1. The van der Waals surface area contributed by atoms with Gasteiger partial charge in [-0.3, -0.25) is 0 Å². The monoisotopic (exact) mass is 379 g/mol. The third kappa shape index (κ3) is 4.89. The van der Waals surface area contributed by atoms with Gasteiger partial charge in [0.1, 0.15) is 5.75 Å². The van der Waals surface area contributed by atoms with Crippen LogP contribution in [0.15, 0.2) is 88.2 Å². The van der Waals surface area contributed by atoms with Gasteiger partial charge in [0, 0.05) is 6.21 Å². The van der Waals surface area contributed by atoms with E-state index in [1.165, 1.54) is 18.3 Å². The van der Waals surface area contributed by atoms with Crippen LogP contribution >= 0.6 is 0 Å². The van der Waals surface area contributed by atoms with Gasteiger partial charge in [-0.15, -0.1) is 0 Å². The van der Waals surface area contributed by atoms with Crippen LogP contribution in [0.2, 0.25) is 0 Å². The van der Waals surface area contributed by atoms with E-state index in [1.807, 2.05) is 13.0 Å². The number of hydrogen-bond donors (Lipinski definition) is 0. The van der Waals surface area contributed by atoms with Gasteiger partial charge in [0.05, 0.1) is 10.5 Å². The summed E-state index contributed by atoms with van der Waals surface area (Å²) in [5.74, 6) is -0.0960. The Morgan fingerprint density at radius 2 is 1.52 bits per heavy atom. The third-order valence-corrected chi connectivity index (χ3v) is 5.01. The molecule has 0 aliphatic rings. The van der Waals surface area contributed by atoms with Crippen molar-refractivity contribution < 1.29 is 17.9 Å². The second kappa shape index (κ2) is 7.97. The van der Waals surface area contributed by atoms with E-state index in [-0.39, 0.29) is 4.90 Å². The number of hydrogen-bond acceptors (Lipinski definition) is 4. The predicted molar refractivity (Wildman–Crippen MR) is 104 cm³/mol. The maximum absolute atomic E-state index is 12.2. The first kappa shape index (κ1) is 18.5. The highest BCUT2D eigenvalue weighted by molar-refractivity contribution is 7.90. The second-order valence-electron chi connectivity index (χ2n) is 5.85. The SMILES string of the molecule is Cc1ccc(S(=O)(=O)/N=C\c2ccc(OC(=O)c3ccccc3)cc2)cc1. The molecule has 27 heavy (non-hydrogen) atoms. The van der Waals surface area contributed by atoms with Crippen LogP contribution < -0.4 is 4.74 Å². The molecule has 0 atom stereocenters. The summed E-state index contributed by atoms with van der Waals surface area (Å²) >= 11 is 0. The van der Waals surface area contributed by atoms with E-state index in [1.54, 1.807) is 60.7 Å². The molecule has 5 nitrogen and oxygen atoms in total. The Kier molecular flexibility index (Phi) is 5.47. The van der Waals surface area contributed by atoms with E-state index in [0.717, 1.165) is 5.56 Å². The zero-order valence-corrected chi connectivity index (χ0v) is 15.4. The van der Waals surface area contributed by atoms with Crippen molar-refractivity contribution in [2.75, 3.05) is 0 Å². The van der Waals surface area contributed by atoms with Gasteiger partial charge in [-0.25, -0.2) is 4.79 Å². The van der Waals surface area contributed by atoms with Crippen LogP contribution in [0.25, 0.3) is 0 Å². The van der Waals surface area contributed by atoms with Gasteiger partial charge >= 0.3 is 5.97 Å². The maximum Gasteiger partial charge on any atom is 0.343 e. The van der Waals surface area contributed by atoms with Crippen molar-refractivity contribution >= 4 is 22.2 Å². The molecule has 0 bridgehead atoms. The minimum absolute atomic E-state index is 0.137. The molecule has 0 aliphatic heterocycles. The Balaban J connectivity index is 1.69. The molecule has 0 amide bonds. The molecule has 136 valence electrons. The van der Waals surface area contributed by atoms with Crippen LogP contribution in [0.1, 0.15) is 21.5 Å². The molecule has 0 saturated heterocycles. The molecular weight excluding hydrogens is 362 g/mol. The van der Waals surface area contributed by atoms with Crippen molar-refractivity contribution in [1.29, 1.82) is 0 Å². The number of nitrogens with zero attached hydrogens (tertiary/aromatic N) is 1. The highest BCUT2D eigenvalue weighted by Crippen LogP contribution is 2.16. The molecule has 3 aromatic carbocycles. The number of ether oxygens (including phenoxy) is 1. The van der Waals surface area contributed by atoms with Crippen molar-refractivity contribution in [2.45, 2.75) is 11.8 Å². The Morgan fingerprint density at radius 3 is 2.15 bits per heavy atom. The first-order chi connectivity index (χ1) is 12.9. The number of rotatable bonds is 5. The molecule has 3 aromatic rings. The van der Waals surface area contributed by atoms with Crippen molar-refractivity contribution in [3.05, 3.63) is 95.6 Å². The summed E-state index contributed by atoms with van der Waals surface area (Å²) in [6.45, 7) is 1.88. The van der Waals surface area contributed by atoms with E-state index >= 15 is 0 Å². The topological polar surface area (TPSA) is 72.8 Å². The van der Waals surface area contributed by atoms with E-state index in [9.17, 15) is 13.2 Å². The average molecular weight is 379 g/mol. The van der Waals surface area contributed by atoms with Crippen molar-refractivity contribution in [3.8, 4) is 5.75 Å². The summed E-state index contributed by atoms with van der Waals surface area (Å²) < 4.78 is 33.4. The minimum Gasteiger partial charge on any atom is -0.423 e. The minimum atomic E-state index is -3.76. The van der Waals surface area contributed by atoms with Crippen LogP contribution in [0.5, 0.6) is 5.75 Å². The molecule has 6 heteroatoms. The van der Waals surface area contributed by atoms with Crippen LogP contribution in [-0.4, -0.2) is 20.6 Å². The number of esters is 1. The quantitative estimate of drug-likeness (QED) is 0.381. The Bertz CT molecular complexity index is 1060. The molecular formula is C21H17NO4S. The summed E-state index contributed by atoms with van der Waals surface area (Å²) in [5, 5.41) is 0. The van der Waals surface area contributed by atoms with Crippen LogP contribution in [0.4, 0.5) is 0 Å². The predicted octanol–water partition coefficient (Wildman–Crippen LogP) is 4.02. The van der Waals surface area contributed by atoms with E-state index in [0.29, 0.717) is 16.9 Å². The van der Waals surface area contributed by atoms with Gasteiger partial charge in [0.25, 0.3) is 10.0 Å². The molecule has 0 radical (unpaired) electrons. The van der Waals surface area contributed by atoms with E-state index in [2.05, 4.69) is 4.40 Å². The van der Waals surface area contributed by atoms with Gasteiger partial charge in [0.2, 0.25) is 0 Å². The number of carbonyl (C=O) groups is 1. The Hall–Kier alpha value is -3.25. The van der Waals surface area contributed by atoms with Crippen LogP contribution in [0, 0.1) is 6.92 Å². The fourth-order valence-electron chi connectivity index (χ4n) is 2.26. The first-order valence-corrected chi connectivity index (χ1v) is 9.62. The molecule has 0 unspecified atom stereocenters. The average Bonchev–Trinajstić information content (AvgIpc) is 2.68. The van der Waals surface area contributed by atoms with E-state index in [4.69, 9.17) is 4.74 Å². The largest absolute Gasteiger partial charge is 0.423 e. The lowest BCUT2D eigenvalue weighted by Crippen LogP contribution is -2.08. The van der Waals surface area contributed by atoms with Crippen molar-refractivity contribution in [2.24, 2.45) is 4.40 Å². The van der Waals surface area contributed by atoms with Crippen molar-refractivity contribution in [1.82, 2.24) is 0 Å². The highest BCUT2D eigenvalue weighted by atomic mass is 32.2.